The molecular weight excluding hydrogens is 340 g/mol. The topological polar surface area (TPSA) is 0 Å². The average molecular weight is 379 g/mol. The van der Waals surface area contributed by atoms with Crippen molar-refractivity contribution in [2.75, 3.05) is 11.1 Å². The molecule has 0 aliphatic heterocycles. The molecule has 0 aromatic carbocycles. The van der Waals surface area contributed by atoms with Crippen molar-refractivity contribution >= 4 is 28.6 Å². The predicted molar refractivity (Wildman–Crippen MR) is 106 cm³/mol. The van der Waals surface area contributed by atoms with Gasteiger partial charge in [0.15, 0.2) is 0 Å². The molecule has 0 aromatic rings. The van der Waals surface area contributed by atoms with Crippen LogP contribution in [0, 0.1) is 0 Å². The molecule has 21 heavy (non-hydrogen) atoms. The van der Waals surface area contributed by atoms with E-state index in [0.29, 0.717) is 0 Å². The van der Waals surface area contributed by atoms with Gasteiger partial charge in [-0.25, -0.2) is 0 Å². The summed E-state index contributed by atoms with van der Waals surface area (Å²) in [5, 5.41) is 1.18. The summed E-state index contributed by atoms with van der Waals surface area (Å²) in [6.45, 7) is 0. The maximum Gasteiger partial charge on any atom is 0.00313 e. The van der Waals surface area contributed by atoms with E-state index in [9.17, 15) is 0 Å². The first-order valence-electron chi connectivity index (χ1n) is 9.58. The molecule has 0 heterocycles. The maximum atomic E-state index is 4.25. The summed E-state index contributed by atoms with van der Waals surface area (Å²) in [4.78, 5) is 0. The fourth-order valence-corrected chi connectivity index (χ4v) is 3.48. The van der Waals surface area contributed by atoms with Gasteiger partial charge in [-0.1, -0.05) is 112 Å². The molecule has 0 unspecified atom stereocenters. The van der Waals surface area contributed by atoms with Crippen molar-refractivity contribution in [1.82, 2.24) is 0 Å². The number of halogens is 1. The summed E-state index contributed by atoms with van der Waals surface area (Å²) in [5.74, 6) is 1.07. The van der Waals surface area contributed by atoms with Crippen LogP contribution in [0.15, 0.2) is 0 Å². The minimum atomic E-state index is 1.07. The highest BCUT2D eigenvalue weighted by atomic mass is 79.9. The second kappa shape index (κ2) is 20.8. The number of rotatable bonds is 18. The lowest BCUT2D eigenvalue weighted by atomic mass is 10.0. The Hall–Kier alpha value is 0.830. The van der Waals surface area contributed by atoms with Gasteiger partial charge in [0, 0.05) is 5.33 Å². The van der Waals surface area contributed by atoms with Crippen LogP contribution in [0.25, 0.3) is 0 Å². The Balaban J connectivity index is 2.90. The van der Waals surface area contributed by atoms with E-state index >= 15 is 0 Å². The molecule has 0 aromatic heterocycles. The molecule has 0 amide bonds. The van der Waals surface area contributed by atoms with Gasteiger partial charge in [-0.2, -0.15) is 12.6 Å². The summed E-state index contributed by atoms with van der Waals surface area (Å²) < 4.78 is 0. The fourth-order valence-electron chi connectivity index (χ4n) is 2.86. The van der Waals surface area contributed by atoms with Crippen LogP contribution in [0.3, 0.4) is 0 Å². The predicted octanol–water partition coefficient (Wildman–Crippen LogP) is 7.94. The lowest BCUT2D eigenvalue weighted by Crippen LogP contribution is -1.84. The molecule has 0 spiro atoms. The quantitative estimate of drug-likeness (QED) is 0.139. The summed E-state index contributed by atoms with van der Waals surface area (Å²) in [6.07, 6.45) is 24.5. The van der Waals surface area contributed by atoms with Crippen LogP contribution in [0.5, 0.6) is 0 Å². The second-order valence-corrected chi connectivity index (χ2v) is 7.66. The number of thiol groups is 1. The van der Waals surface area contributed by atoms with Crippen LogP contribution in [0.4, 0.5) is 0 Å². The largest absolute Gasteiger partial charge is 0.179 e. The van der Waals surface area contributed by atoms with Gasteiger partial charge in [0.25, 0.3) is 0 Å². The molecule has 0 saturated carbocycles. The first kappa shape index (κ1) is 21.8. The van der Waals surface area contributed by atoms with Crippen molar-refractivity contribution < 1.29 is 0 Å². The molecule has 0 bridgehead atoms. The minimum Gasteiger partial charge on any atom is -0.179 e. The number of alkyl halides is 1. The highest BCUT2D eigenvalue weighted by Crippen LogP contribution is 2.14. The molecule has 128 valence electrons. The van der Waals surface area contributed by atoms with Gasteiger partial charge in [-0.05, 0) is 18.6 Å². The minimum absolute atomic E-state index is 1.07. The van der Waals surface area contributed by atoms with Crippen molar-refractivity contribution in [2.45, 2.75) is 109 Å². The summed E-state index contributed by atoms with van der Waals surface area (Å²) >= 11 is 7.74. The van der Waals surface area contributed by atoms with Gasteiger partial charge in [-0.15, -0.1) is 0 Å². The number of hydrogen-bond acceptors (Lipinski definition) is 1. The average Bonchev–Trinajstić information content (AvgIpc) is 2.50. The van der Waals surface area contributed by atoms with Crippen molar-refractivity contribution in [3.05, 3.63) is 0 Å². The summed E-state index contributed by atoms with van der Waals surface area (Å²) in [5.41, 5.74) is 0. The van der Waals surface area contributed by atoms with Crippen molar-refractivity contribution in [2.24, 2.45) is 0 Å². The zero-order valence-corrected chi connectivity index (χ0v) is 16.7. The molecule has 0 nitrogen and oxygen atoms in total. The third kappa shape index (κ3) is 20.8. The van der Waals surface area contributed by atoms with E-state index < -0.39 is 0 Å². The summed E-state index contributed by atoms with van der Waals surface area (Å²) in [7, 11) is 0. The van der Waals surface area contributed by atoms with Gasteiger partial charge in [-0.3, -0.25) is 0 Å². The molecule has 0 N–H and O–H groups in total. The van der Waals surface area contributed by atoms with E-state index in [1.807, 2.05) is 0 Å². The van der Waals surface area contributed by atoms with Gasteiger partial charge >= 0.3 is 0 Å². The van der Waals surface area contributed by atoms with Crippen molar-refractivity contribution in [3.8, 4) is 0 Å². The van der Waals surface area contributed by atoms with Crippen LogP contribution >= 0.6 is 28.6 Å². The van der Waals surface area contributed by atoms with E-state index in [-0.39, 0.29) is 0 Å². The SMILES string of the molecule is SCCCCCCCCCCCCCCCCCCCBr. The standard InChI is InChI=1S/C19H39BrS/c20-18-16-14-12-10-8-6-4-2-1-3-5-7-9-11-13-15-17-19-21/h21H,1-19H2. The highest BCUT2D eigenvalue weighted by Gasteiger charge is 1.94. The lowest BCUT2D eigenvalue weighted by Gasteiger charge is -2.03. The molecule has 0 saturated heterocycles. The lowest BCUT2D eigenvalue weighted by molar-refractivity contribution is 0.529. The number of hydrogen-bond donors (Lipinski definition) is 1. The molecule has 0 aliphatic rings. The maximum absolute atomic E-state index is 4.25. The molecule has 0 aliphatic carbocycles. The Morgan fingerprint density at radius 3 is 0.857 bits per heavy atom. The second-order valence-electron chi connectivity index (χ2n) is 6.42. The Kier molecular flexibility index (Phi) is 21.7. The highest BCUT2D eigenvalue weighted by molar-refractivity contribution is 9.09. The Bertz CT molecular complexity index is 155. The van der Waals surface area contributed by atoms with Gasteiger partial charge in [0.05, 0.1) is 0 Å². The zero-order chi connectivity index (χ0) is 15.4. The monoisotopic (exact) mass is 378 g/mol. The Morgan fingerprint density at radius 2 is 0.619 bits per heavy atom. The molecule has 0 atom stereocenters. The smallest absolute Gasteiger partial charge is 0.00313 e. The molecular formula is C19H39BrS. The van der Waals surface area contributed by atoms with E-state index in [4.69, 9.17) is 0 Å². The number of unbranched alkanes of at least 4 members (excludes halogenated alkanes) is 16. The molecule has 0 fully saturated rings. The van der Waals surface area contributed by atoms with E-state index in [1.165, 1.54) is 114 Å². The Morgan fingerprint density at radius 1 is 0.381 bits per heavy atom. The third-order valence-corrected chi connectivity index (χ3v) is 5.17. The third-order valence-electron chi connectivity index (χ3n) is 4.29. The first-order chi connectivity index (χ1) is 10.4. The van der Waals surface area contributed by atoms with Crippen LogP contribution < -0.4 is 0 Å². The van der Waals surface area contributed by atoms with Gasteiger partial charge < -0.3 is 0 Å². The zero-order valence-electron chi connectivity index (χ0n) is 14.3. The normalized spacial score (nSPS) is 11.1. The van der Waals surface area contributed by atoms with Gasteiger partial charge in [0.1, 0.15) is 0 Å². The fraction of sp³-hybridized carbons (Fsp3) is 1.00. The molecule has 0 rings (SSSR count). The van der Waals surface area contributed by atoms with Gasteiger partial charge in [0.2, 0.25) is 0 Å². The molecule has 0 radical (unpaired) electrons. The Labute approximate surface area is 148 Å². The van der Waals surface area contributed by atoms with Crippen LogP contribution in [-0.2, 0) is 0 Å². The molecule has 2 heteroatoms. The van der Waals surface area contributed by atoms with Crippen LogP contribution in [0.2, 0.25) is 0 Å². The van der Waals surface area contributed by atoms with Crippen LogP contribution in [-0.4, -0.2) is 11.1 Å². The summed E-state index contributed by atoms with van der Waals surface area (Å²) in [6, 6.07) is 0. The van der Waals surface area contributed by atoms with Crippen LogP contribution in [0.1, 0.15) is 109 Å². The van der Waals surface area contributed by atoms with E-state index in [0.717, 1.165) is 5.75 Å². The van der Waals surface area contributed by atoms with Crippen molar-refractivity contribution in [1.29, 1.82) is 0 Å². The van der Waals surface area contributed by atoms with E-state index in [2.05, 4.69) is 28.6 Å². The first-order valence-corrected chi connectivity index (χ1v) is 11.3. The van der Waals surface area contributed by atoms with Crippen molar-refractivity contribution in [3.63, 3.8) is 0 Å². The van der Waals surface area contributed by atoms with E-state index in [1.54, 1.807) is 0 Å².